The molecule has 0 aliphatic carbocycles. The number of carbonyl (C=O) groups is 1. The van der Waals surface area contributed by atoms with Crippen LogP contribution in [-0.2, 0) is 0 Å². The standard InChI is InChI=1S/C11H14BrClN2O/c1-3-15(4-2)11(16)14-8-5-6-10(13)9(12)7-8/h5-7H,3-4H2,1-2H3,(H,14,16). The molecule has 1 N–H and O–H groups in total. The molecule has 0 aliphatic rings. The summed E-state index contributed by atoms with van der Waals surface area (Å²) < 4.78 is 0.770. The molecule has 0 aromatic heterocycles. The topological polar surface area (TPSA) is 32.3 Å². The largest absolute Gasteiger partial charge is 0.325 e. The zero-order chi connectivity index (χ0) is 12.1. The van der Waals surface area contributed by atoms with Gasteiger partial charge in [-0.3, -0.25) is 0 Å². The third-order valence-corrected chi connectivity index (χ3v) is 3.44. The van der Waals surface area contributed by atoms with E-state index in [1.54, 1.807) is 23.1 Å². The smallest absolute Gasteiger partial charge is 0.321 e. The Bertz CT molecular complexity index is 380. The second kappa shape index (κ2) is 6.11. The fraction of sp³-hybridized carbons (Fsp3) is 0.364. The first-order chi connectivity index (χ1) is 7.58. The number of urea groups is 1. The molecule has 1 aromatic rings. The third kappa shape index (κ3) is 3.39. The molecule has 0 radical (unpaired) electrons. The lowest BCUT2D eigenvalue weighted by Gasteiger charge is -2.19. The van der Waals surface area contributed by atoms with Gasteiger partial charge in [0.2, 0.25) is 0 Å². The summed E-state index contributed by atoms with van der Waals surface area (Å²) in [6, 6.07) is 5.20. The molecule has 0 saturated carbocycles. The zero-order valence-corrected chi connectivity index (χ0v) is 11.6. The number of nitrogens with zero attached hydrogens (tertiary/aromatic N) is 1. The maximum Gasteiger partial charge on any atom is 0.321 e. The van der Waals surface area contributed by atoms with Crippen molar-refractivity contribution in [3.63, 3.8) is 0 Å². The predicted molar refractivity (Wildman–Crippen MR) is 71.1 cm³/mol. The molecule has 1 aromatic carbocycles. The van der Waals surface area contributed by atoms with Crippen molar-refractivity contribution in [2.24, 2.45) is 0 Å². The van der Waals surface area contributed by atoms with E-state index in [1.807, 2.05) is 13.8 Å². The molecule has 0 saturated heterocycles. The van der Waals surface area contributed by atoms with E-state index in [0.717, 1.165) is 10.2 Å². The summed E-state index contributed by atoms with van der Waals surface area (Å²) in [6.07, 6.45) is 0. The number of carbonyl (C=O) groups excluding carboxylic acids is 1. The van der Waals surface area contributed by atoms with Crippen molar-refractivity contribution in [1.29, 1.82) is 0 Å². The summed E-state index contributed by atoms with van der Waals surface area (Å²) >= 11 is 9.17. The van der Waals surface area contributed by atoms with Gasteiger partial charge in [0, 0.05) is 23.2 Å². The average Bonchev–Trinajstić information content (AvgIpc) is 2.25. The Morgan fingerprint density at radius 1 is 1.44 bits per heavy atom. The van der Waals surface area contributed by atoms with Crippen LogP contribution in [0.3, 0.4) is 0 Å². The summed E-state index contributed by atoms with van der Waals surface area (Å²) in [6.45, 7) is 5.27. The second-order valence-electron chi connectivity index (χ2n) is 3.23. The lowest BCUT2D eigenvalue weighted by Crippen LogP contribution is -2.34. The number of nitrogens with one attached hydrogen (secondary N) is 1. The molecule has 0 fully saturated rings. The van der Waals surface area contributed by atoms with E-state index < -0.39 is 0 Å². The van der Waals surface area contributed by atoms with Crippen LogP contribution < -0.4 is 5.32 Å². The molecule has 0 unspecified atom stereocenters. The molecule has 3 nitrogen and oxygen atoms in total. The van der Waals surface area contributed by atoms with E-state index >= 15 is 0 Å². The number of benzene rings is 1. The SMILES string of the molecule is CCN(CC)C(=O)Nc1ccc(Cl)c(Br)c1. The van der Waals surface area contributed by atoms with Gasteiger partial charge in [-0.25, -0.2) is 4.79 Å². The average molecular weight is 306 g/mol. The first-order valence-electron chi connectivity index (χ1n) is 5.09. The fourth-order valence-corrected chi connectivity index (χ4v) is 1.78. The van der Waals surface area contributed by atoms with Crippen LogP contribution in [0, 0.1) is 0 Å². The van der Waals surface area contributed by atoms with Gasteiger partial charge in [-0.2, -0.15) is 0 Å². The highest BCUT2D eigenvalue weighted by Crippen LogP contribution is 2.25. The quantitative estimate of drug-likeness (QED) is 0.900. The molecule has 0 aliphatic heterocycles. The Balaban J connectivity index is 2.73. The van der Waals surface area contributed by atoms with Crippen molar-refractivity contribution in [1.82, 2.24) is 4.90 Å². The molecule has 0 atom stereocenters. The summed E-state index contributed by atoms with van der Waals surface area (Å²) in [7, 11) is 0. The lowest BCUT2D eigenvalue weighted by molar-refractivity contribution is 0.217. The number of hydrogen-bond donors (Lipinski definition) is 1. The van der Waals surface area contributed by atoms with Crippen LogP contribution in [0.4, 0.5) is 10.5 Å². The van der Waals surface area contributed by atoms with Gasteiger partial charge < -0.3 is 10.2 Å². The van der Waals surface area contributed by atoms with E-state index in [0.29, 0.717) is 18.1 Å². The molecule has 16 heavy (non-hydrogen) atoms. The first-order valence-corrected chi connectivity index (χ1v) is 6.26. The van der Waals surface area contributed by atoms with Crippen LogP contribution in [0.5, 0.6) is 0 Å². The molecule has 1 rings (SSSR count). The van der Waals surface area contributed by atoms with Crippen molar-refractivity contribution in [2.45, 2.75) is 13.8 Å². The first kappa shape index (κ1) is 13.3. The van der Waals surface area contributed by atoms with Crippen LogP contribution in [0.15, 0.2) is 22.7 Å². The summed E-state index contributed by atoms with van der Waals surface area (Å²) in [5.41, 5.74) is 0.730. The highest BCUT2D eigenvalue weighted by molar-refractivity contribution is 9.10. The van der Waals surface area contributed by atoms with Gasteiger partial charge >= 0.3 is 6.03 Å². The molecule has 0 spiro atoms. The van der Waals surface area contributed by atoms with Crippen molar-refractivity contribution in [3.05, 3.63) is 27.7 Å². The Kier molecular flexibility index (Phi) is 5.09. The van der Waals surface area contributed by atoms with Crippen molar-refractivity contribution in [2.75, 3.05) is 18.4 Å². The lowest BCUT2D eigenvalue weighted by atomic mass is 10.3. The van der Waals surface area contributed by atoms with Crippen molar-refractivity contribution in [3.8, 4) is 0 Å². The third-order valence-electron chi connectivity index (χ3n) is 2.22. The Labute approximate surface area is 109 Å². The van der Waals surface area contributed by atoms with Gasteiger partial charge in [0.15, 0.2) is 0 Å². The van der Waals surface area contributed by atoms with E-state index in [1.165, 1.54) is 0 Å². The van der Waals surface area contributed by atoms with E-state index in [9.17, 15) is 4.79 Å². The summed E-state index contributed by atoms with van der Waals surface area (Å²) in [5, 5.41) is 3.44. The van der Waals surface area contributed by atoms with Gasteiger partial charge in [-0.1, -0.05) is 11.6 Å². The zero-order valence-electron chi connectivity index (χ0n) is 9.26. The molecular formula is C11H14BrClN2O. The van der Waals surface area contributed by atoms with Gasteiger partial charge in [-0.15, -0.1) is 0 Å². The van der Waals surface area contributed by atoms with E-state index in [-0.39, 0.29) is 6.03 Å². The van der Waals surface area contributed by atoms with Crippen LogP contribution in [-0.4, -0.2) is 24.0 Å². The molecule has 0 bridgehead atoms. The second-order valence-corrected chi connectivity index (χ2v) is 4.49. The number of halogens is 2. The minimum absolute atomic E-state index is 0.0979. The number of amides is 2. The molecular weight excluding hydrogens is 291 g/mol. The molecule has 2 amide bonds. The highest BCUT2D eigenvalue weighted by Gasteiger charge is 2.09. The maximum absolute atomic E-state index is 11.7. The van der Waals surface area contributed by atoms with Gasteiger partial charge in [-0.05, 0) is 48.0 Å². The van der Waals surface area contributed by atoms with Crippen LogP contribution in [0.25, 0.3) is 0 Å². The van der Waals surface area contributed by atoms with Gasteiger partial charge in [0.25, 0.3) is 0 Å². The number of anilines is 1. The van der Waals surface area contributed by atoms with Crippen LogP contribution in [0.2, 0.25) is 5.02 Å². The van der Waals surface area contributed by atoms with Crippen LogP contribution >= 0.6 is 27.5 Å². The van der Waals surface area contributed by atoms with Gasteiger partial charge in [0.1, 0.15) is 0 Å². The van der Waals surface area contributed by atoms with E-state index in [2.05, 4.69) is 21.2 Å². The van der Waals surface area contributed by atoms with Crippen molar-refractivity contribution < 1.29 is 4.79 Å². The summed E-state index contributed by atoms with van der Waals surface area (Å²) in [5.74, 6) is 0. The molecule has 0 heterocycles. The number of hydrogen-bond acceptors (Lipinski definition) is 1. The Hall–Kier alpha value is -0.740. The van der Waals surface area contributed by atoms with Crippen molar-refractivity contribution >= 4 is 39.2 Å². The minimum atomic E-state index is -0.0979. The maximum atomic E-state index is 11.7. The minimum Gasteiger partial charge on any atom is -0.325 e. The summed E-state index contributed by atoms with van der Waals surface area (Å²) in [4.78, 5) is 13.4. The Morgan fingerprint density at radius 2 is 2.06 bits per heavy atom. The Morgan fingerprint density at radius 3 is 2.56 bits per heavy atom. The monoisotopic (exact) mass is 304 g/mol. The van der Waals surface area contributed by atoms with Crippen LogP contribution in [0.1, 0.15) is 13.8 Å². The number of rotatable bonds is 3. The fourth-order valence-electron chi connectivity index (χ4n) is 1.29. The normalized spacial score (nSPS) is 10.0. The van der Waals surface area contributed by atoms with Gasteiger partial charge in [0.05, 0.1) is 5.02 Å². The highest BCUT2D eigenvalue weighted by atomic mass is 79.9. The molecule has 88 valence electrons. The molecule has 5 heteroatoms. The predicted octanol–water partition coefficient (Wildman–Crippen LogP) is 3.98. The van der Waals surface area contributed by atoms with E-state index in [4.69, 9.17) is 11.6 Å².